The van der Waals surface area contributed by atoms with Gasteiger partial charge in [-0.15, -0.1) is 0 Å². The fourth-order valence-electron chi connectivity index (χ4n) is 6.11. The van der Waals surface area contributed by atoms with Crippen LogP contribution < -0.4 is 10.1 Å². The van der Waals surface area contributed by atoms with Crippen LogP contribution in [0.3, 0.4) is 0 Å². The molecule has 172 valence electrons. The first kappa shape index (κ1) is 21.3. The molecular formula is C24H30N2O6. The first-order valence-electron chi connectivity index (χ1n) is 11.3. The largest absolute Gasteiger partial charge is 0.504 e. The molecule has 1 amide bonds. The molecule has 1 spiro atoms. The monoisotopic (exact) mass is 442 g/mol. The molecule has 2 heterocycles. The fourth-order valence-corrected chi connectivity index (χ4v) is 6.11. The fraction of sp³-hybridized carbons (Fsp3) is 0.583. The lowest BCUT2D eigenvalue weighted by Crippen LogP contribution is -2.74. The Hall–Kier alpha value is -2.58. The van der Waals surface area contributed by atoms with Crippen LogP contribution >= 0.6 is 0 Å². The number of ether oxygens (including phenoxy) is 2. The number of aromatic hydroxyl groups is 1. The van der Waals surface area contributed by atoms with Gasteiger partial charge < -0.3 is 29.9 Å². The van der Waals surface area contributed by atoms with Crippen molar-refractivity contribution in [3.05, 3.63) is 35.1 Å². The minimum absolute atomic E-state index is 0.0363. The van der Waals surface area contributed by atoms with Gasteiger partial charge in [0, 0.05) is 30.5 Å². The van der Waals surface area contributed by atoms with Gasteiger partial charge in [-0.25, -0.2) is 0 Å². The summed E-state index contributed by atoms with van der Waals surface area (Å²) < 4.78 is 12.0. The van der Waals surface area contributed by atoms with Crippen molar-refractivity contribution in [1.29, 1.82) is 0 Å². The van der Waals surface area contributed by atoms with Gasteiger partial charge in [-0.1, -0.05) is 19.9 Å². The number of aliphatic hydroxyl groups is 1. The summed E-state index contributed by atoms with van der Waals surface area (Å²) in [4.78, 5) is 26.5. The van der Waals surface area contributed by atoms with Gasteiger partial charge >= 0.3 is 5.97 Å². The topological polar surface area (TPSA) is 108 Å². The van der Waals surface area contributed by atoms with Crippen LogP contribution in [0.25, 0.3) is 0 Å². The molecule has 1 aromatic rings. The normalized spacial score (nSPS) is 32.1. The summed E-state index contributed by atoms with van der Waals surface area (Å²) in [6.07, 6.45) is 2.75. The summed E-state index contributed by atoms with van der Waals surface area (Å²) in [5, 5.41) is 25.3. The Kier molecular flexibility index (Phi) is 4.80. The number of carbonyl (C=O) groups excluding carboxylic acids is 2. The number of esters is 1. The standard InChI is InChI=1S/C24H30N2O6/c1-13(2)22(29)25-10-7-18(28)31-16-6-8-24(30)17-12-14-4-5-15(27)20-19(14)23(24,21(16)32-20)9-11-26(17)3/h4-6,13,17,21,27,30H,7-12H2,1-3H3,(H,25,29)/t17-,21+,23+,24-/m1/s1. The van der Waals surface area contributed by atoms with Crippen LogP contribution in [0.4, 0.5) is 0 Å². The molecule has 0 unspecified atom stereocenters. The maximum atomic E-state index is 12.6. The maximum absolute atomic E-state index is 12.6. The summed E-state index contributed by atoms with van der Waals surface area (Å²) in [7, 11) is 2.03. The first-order valence-corrected chi connectivity index (χ1v) is 11.3. The zero-order valence-corrected chi connectivity index (χ0v) is 18.7. The van der Waals surface area contributed by atoms with Crippen molar-refractivity contribution in [3.63, 3.8) is 0 Å². The Bertz CT molecular complexity index is 1020. The van der Waals surface area contributed by atoms with Gasteiger partial charge in [0.2, 0.25) is 5.91 Å². The van der Waals surface area contributed by atoms with Crippen molar-refractivity contribution in [3.8, 4) is 11.5 Å². The Labute approximate surface area is 187 Å². The summed E-state index contributed by atoms with van der Waals surface area (Å²) in [5.74, 6) is 0.0694. The van der Waals surface area contributed by atoms with E-state index in [-0.39, 0.29) is 36.6 Å². The van der Waals surface area contributed by atoms with Crippen LogP contribution in [0.5, 0.6) is 11.5 Å². The van der Waals surface area contributed by atoms with E-state index in [1.165, 1.54) is 0 Å². The van der Waals surface area contributed by atoms with Gasteiger partial charge in [-0.05, 0) is 44.1 Å². The highest BCUT2D eigenvalue weighted by Crippen LogP contribution is 2.65. The van der Waals surface area contributed by atoms with Crippen LogP contribution in [0.2, 0.25) is 0 Å². The van der Waals surface area contributed by atoms with Gasteiger partial charge in [-0.3, -0.25) is 9.59 Å². The number of likely N-dealkylation sites (N-methyl/N-ethyl adjacent to an activating group) is 1. The molecule has 1 fully saturated rings. The molecule has 5 rings (SSSR count). The molecule has 0 radical (unpaired) electrons. The lowest BCUT2D eigenvalue weighted by Gasteiger charge is -2.61. The van der Waals surface area contributed by atoms with E-state index in [4.69, 9.17) is 9.47 Å². The van der Waals surface area contributed by atoms with E-state index in [2.05, 4.69) is 10.2 Å². The molecule has 3 N–H and O–H groups in total. The summed E-state index contributed by atoms with van der Waals surface area (Å²) in [6, 6.07) is 3.45. The predicted molar refractivity (Wildman–Crippen MR) is 115 cm³/mol. The van der Waals surface area contributed by atoms with Crippen molar-refractivity contribution in [1.82, 2.24) is 10.2 Å². The number of phenols is 1. The molecule has 2 aliphatic carbocycles. The summed E-state index contributed by atoms with van der Waals surface area (Å²) in [5.41, 5.74) is 0.0607. The van der Waals surface area contributed by atoms with Crippen LogP contribution in [-0.4, -0.2) is 64.9 Å². The minimum Gasteiger partial charge on any atom is -0.504 e. The lowest BCUT2D eigenvalue weighted by atomic mass is 9.50. The molecule has 32 heavy (non-hydrogen) atoms. The molecule has 1 aromatic carbocycles. The molecule has 4 aliphatic rings. The number of piperidine rings is 1. The van der Waals surface area contributed by atoms with E-state index in [1.807, 2.05) is 13.1 Å². The Morgan fingerprint density at radius 2 is 2.16 bits per heavy atom. The average molecular weight is 443 g/mol. The van der Waals surface area contributed by atoms with Crippen molar-refractivity contribution in [2.45, 2.75) is 62.7 Å². The smallest absolute Gasteiger partial charge is 0.312 e. The number of amides is 1. The van der Waals surface area contributed by atoms with Crippen LogP contribution in [0, 0.1) is 5.92 Å². The highest BCUT2D eigenvalue weighted by atomic mass is 16.6. The Balaban J connectivity index is 1.45. The summed E-state index contributed by atoms with van der Waals surface area (Å²) >= 11 is 0. The molecule has 1 saturated heterocycles. The number of hydrogen-bond donors (Lipinski definition) is 3. The van der Waals surface area contributed by atoms with E-state index in [9.17, 15) is 19.8 Å². The van der Waals surface area contributed by atoms with Gasteiger partial charge in [0.25, 0.3) is 0 Å². The molecule has 8 nitrogen and oxygen atoms in total. The molecule has 2 bridgehead atoms. The lowest BCUT2D eigenvalue weighted by molar-refractivity contribution is -0.169. The molecular weight excluding hydrogens is 412 g/mol. The molecule has 4 atom stereocenters. The SMILES string of the molecule is CC(C)C(=O)NCCC(=O)OC1=CC[C@@]2(O)[C@H]3Cc4ccc(O)c5c4[C@@]2(CCN3C)[C@H]1O5. The second-order valence-corrected chi connectivity index (χ2v) is 9.77. The van der Waals surface area contributed by atoms with Crippen LogP contribution in [0.1, 0.15) is 44.2 Å². The van der Waals surface area contributed by atoms with E-state index in [0.29, 0.717) is 30.8 Å². The second-order valence-electron chi connectivity index (χ2n) is 9.77. The quantitative estimate of drug-likeness (QED) is 0.591. The molecule has 0 saturated carbocycles. The van der Waals surface area contributed by atoms with E-state index in [0.717, 1.165) is 17.7 Å². The third-order valence-electron chi connectivity index (χ3n) is 7.74. The number of phenolic OH excluding ortho intramolecular Hbond substituents is 1. The number of likely N-dealkylation sites (tertiary alicyclic amines) is 1. The molecule has 0 aromatic heterocycles. The number of nitrogens with zero attached hydrogens (tertiary/aromatic N) is 1. The van der Waals surface area contributed by atoms with E-state index in [1.54, 1.807) is 26.0 Å². The number of carbonyl (C=O) groups is 2. The number of rotatable bonds is 5. The van der Waals surface area contributed by atoms with Crippen molar-refractivity contribution in [2.24, 2.45) is 5.92 Å². The molecule has 2 aliphatic heterocycles. The van der Waals surface area contributed by atoms with Crippen molar-refractivity contribution in [2.75, 3.05) is 20.1 Å². The Morgan fingerprint density at radius 3 is 2.91 bits per heavy atom. The minimum atomic E-state index is -1.09. The van der Waals surface area contributed by atoms with E-state index >= 15 is 0 Å². The van der Waals surface area contributed by atoms with Crippen LogP contribution in [0.15, 0.2) is 24.0 Å². The highest BCUT2D eigenvalue weighted by Gasteiger charge is 2.72. The van der Waals surface area contributed by atoms with Gasteiger partial charge in [-0.2, -0.15) is 0 Å². The van der Waals surface area contributed by atoms with E-state index < -0.39 is 23.1 Å². The van der Waals surface area contributed by atoms with Crippen molar-refractivity contribution >= 4 is 11.9 Å². The number of benzene rings is 1. The number of hydrogen-bond acceptors (Lipinski definition) is 7. The van der Waals surface area contributed by atoms with Crippen molar-refractivity contribution < 1.29 is 29.3 Å². The first-order chi connectivity index (χ1) is 15.2. The Morgan fingerprint density at radius 1 is 1.38 bits per heavy atom. The third-order valence-corrected chi connectivity index (χ3v) is 7.74. The second kappa shape index (κ2) is 7.22. The van der Waals surface area contributed by atoms with Crippen LogP contribution in [-0.2, 0) is 26.2 Å². The van der Waals surface area contributed by atoms with Gasteiger partial charge in [0.1, 0.15) is 5.76 Å². The highest BCUT2D eigenvalue weighted by molar-refractivity contribution is 5.79. The van der Waals surface area contributed by atoms with Gasteiger partial charge in [0.15, 0.2) is 17.6 Å². The zero-order valence-electron chi connectivity index (χ0n) is 18.7. The number of nitrogens with one attached hydrogen (secondary N) is 1. The third kappa shape index (κ3) is 2.75. The predicted octanol–water partition coefficient (Wildman–Crippen LogP) is 1.38. The summed E-state index contributed by atoms with van der Waals surface area (Å²) in [6.45, 7) is 4.54. The average Bonchev–Trinajstić information content (AvgIpc) is 3.10. The maximum Gasteiger partial charge on any atom is 0.312 e. The zero-order chi connectivity index (χ0) is 22.8. The van der Waals surface area contributed by atoms with Gasteiger partial charge in [0.05, 0.1) is 17.4 Å². The molecule has 8 heteroatoms.